The van der Waals surface area contributed by atoms with E-state index in [0.29, 0.717) is 19.8 Å². The Bertz CT molecular complexity index is 361. The smallest absolute Gasteiger partial charge is 0.308 e. The third kappa shape index (κ3) is 9.03. The fraction of sp³-hybridized carbons (Fsp3) is 0.875. The third-order valence-corrected chi connectivity index (χ3v) is 3.80. The Morgan fingerprint density at radius 3 is 2.50 bits per heavy atom. The minimum Gasteiger partial charge on any atom is -0.469 e. The summed E-state index contributed by atoms with van der Waals surface area (Å²) in [7, 11) is 3.12. The fourth-order valence-corrected chi connectivity index (χ4v) is 2.52. The van der Waals surface area contributed by atoms with Crippen LogP contribution >= 0.6 is 24.0 Å². The maximum atomic E-state index is 11.6. The zero-order valence-corrected chi connectivity index (χ0v) is 17.4. The summed E-state index contributed by atoms with van der Waals surface area (Å²) in [5.41, 5.74) is 0. The molecule has 7 nitrogen and oxygen atoms in total. The van der Waals surface area contributed by atoms with Crippen molar-refractivity contribution in [3.63, 3.8) is 0 Å². The van der Waals surface area contributed by atoms with E-state index in [2.05, 4.69) is 22.1 Å². The first-order valence-electron chi connectivity index (χ1n) is 8.40. The lowest BCUT2D eigenvalue weighted by atomic mass is 9.97. The normalized spacial score (nSPS) is 15.8. The quantitative estimate of drug-likeness (QED) is 0.186. The molecule has 142 valence electrons. The van der Waals surface area contributed by atoms with Gasteiger partial charge in [0.25, 0.3) is 0 Å². The molecular formula is C16H32IN3O4. The summed E-state index contributed by atoms with van der Waals surface area (Å²) < 4.78 is 15.2. The number of aliphatic imine (C=N–C) groups is 1. The molecule has 0 amide bonds. The molecular weight excluding hydrogens is 425 g/mol. The molecule has 1 rings (SSSR count). The molecule has 0 bridgehead atoms. The summed E-state index contributed by atoms with van der Waals surface area (Å²) in [5, 5.41) is 3.32. The number of halogens is 1. The maximum Gasteiger partial charge on any atom is 0.308 e. The number of piperidine rings is 1. The Kier molecular flexibility index (Phi) is 14.3. The van der Waals surface area contributed by atoms with Gasteiger partial charge in [0, 0.05) is 39.9 Å². The monoisotopic (exact) mass is 457 g/mol. The van der Waals surface area contributed by atoms with Gasteiger partial charge >= 0.3 is 5.97 Å². The van der Waals surface area contributed by atoms with Gasteiger partial charge in [0.2, 0.25) is 0 Å². The van der Waals surface area contributed by atoms with Crippen molar-refractivity contribution in [2.24, 2.45) is 10.9 Å². The van der Waals surface area contributed by atoms with Gasteiger partial charge in [0.15, 0.2) is 5.96 Å². The summed E-state index contributed by atoms with van der Waals surface area (Å²) in [5.74, 6) is 0.848. The largest absolute Gasteiger partial charge is 0.469 e. The molecule has 0 radical (unpaired) electrons. The summed E-state index contributed by atoms with van der Waals surface area (Å²) >= 11 is 0. The van der Waals surface area contributed by atoms with Crippen molar-refractivity contribution in [2.75, 3.05) is 60.2 Å². The fourth-order valence-electron chi connectivity index (χ4n) is 2.52. The van der Waals surface area contributed by atoms with E-state index in [1.165, 1.54) is 7.11 Å². The van der Waals surface area contributed by atoms with E-state index in [0.717, 1.165) is 51.4 Å². The molecule has 0 unspecified atom stereocenters. The van der Waals surface area contributed by atoms with Crippen LogP contribution in [0.4, 0.5) is 0 Å². The highest BCUT2D eigenvalue weighted by atomic mass is 127. The van der Waals surface area contributed by atoms with Crippen molar-refractivity contribution >= 4 is 35.9 Å². The molecule has 1 fully saturated rings. The van der Waals surface area contributed by atoms with E-state index in [-0.39, 0.29) is 35.9 Å². The molecule has 1 aliphatic heterocycles. The van der Waals surface area contributed by atoms with Crippen molar-refractivity contribution in [1.82, 2.24) is 10.2 Å². The van der Waals surface area contributed by atoms with Crippen LogP contribution in [0.1, 0.15) is 26.2 Å². The lowest BCUT2D eigenvalue weighted by Crippen LogP contribution is -2.46. The Labute approximate surface area is 162 Å². The molecule has 8 heteroatoms. The molecule has 1 saturated heterocycles. The van der Waals surface area contributed by atoms with Gasteiger partial charge in [0.05, 0.1) is 26.2 Å². The van der Waals surface area contributed by atoms with Crippen LogP contribution in [-0.2, 0) is 19.0 Å². The first-order valence-corrected chi connectivity index (χ1v) is 8.40. The standard InChI is InChI=1S/C16H31N3O4.HI/c1-4-17-16(18-8-5-11-23-13-12-21-2)19-9-6-14(7-10-19)15(20)22-3;/h14H,4-13H2,1-3H3,(H,17,18);1H. The number of nitrogens with one attached hydrogen (secondary N) is 1. The highest BCUT2D eigenvalue weighted by Crippen LogP contribution is 2.18. The number of hydrogen-bond acceptors (Lipinski definition) is 5. The Hall–Kier alpha value is -0.610. The van der Waals surface area contributed by atoms with Crippen LogP contribution in [0, 0.1) is 5.92 Å². The lowest BCUT2D eigenvalue weighted by Gasteiger charge is -2.33. The van der Waals surface area contributed by atoms with Gasteiger partial charge < -0.3 is 24.4 Å². The van der Waals surface area contributed by atoms with Crippen LogP contribution < -0.4 is 5.32 Å². The summed E-state index contributed by atoms with van der Waals surface area (Å²) in [4.78, 5) is 18.4. The number of ether oxygens (including phenoxy) is 3. The second-order valence-electron chi connectivity index (χ2n) is 5.48. The van der Waals surface area contributed by atoms with E-state index in [9.17, 15) is 4.79 Å². The molecule has 0 aromatic heterocycles. The number of nitrogens with zero attached hydrogens (tertiary/aromatic N) is 2. The predicted molar refractivity (Wildman–Crippen MR) is 105 cm³/mol. The van der Waals surface area contributed by atoms with Gasteiger partial charge in [-0.05, 0) is 26.2 Å². The highest BCUT2D eigenvalue weighted by molar-refractivity contribution is 14.0. The summed E-state index contributed by atoms with van der Waals surface area (Å²) in [6, 6.07) is 0. The topological polar surface area (TPSA) is 72.4 Å². The molecule has 0 spiro atoms. The van der Waals surface area contributed by atoms with Gasteiger partial charge in [-0.2, -0.15) is 0 Å². The SMILES string of the molecule is CCNC(=NCCCOCCOC)N1CCC(C(=O)OC)CC1.I. The number of methoxy groups -OCH3 is 2. The molecule has 24 heavy (non-hydrogen) atoms. The predicted octanol–water partition coefficient (Wildman–Crippen LogP) is 1.51. The zero-order chi connectivity index (χ0) is 16.9. The second kappa shape index (κ2) is 14.7. The van der Waals surface area contributed by atoms with Crippen molar-refractivity contribution in [3.05, 3.63) is 0 Å². The second-order valence-corrected chi connectivity index (χ2v) is 5.48. The molecule has 0 saturated carbocycles. The van der Waals surface area contributed by atoms with Crippen LogP contribution in [0.2, 0.25) is 0 Å². The first-order chi connectivity index (χ1) is 11.2. The minimum atomic E-state index is -0.0974. The van der Waals surface area contributed by atoms with Crippen LogP contribution in [0.3, 0.4) is 0 Å². The number of carbonyl (C=O) groups is 1. The van der Waals surface area contributed by atoms with E-state index in [1.807, 2.05) is 0 Å². The van der Waals surface area contributed by atoms with Crippen molar-refractivity contribution in [2.45, 2.75) is 26.2 Å². The Morgan fingerprint density at radius 1 is 1.21 bits per heavy atom. The maximum absolute atomic E-state index is 11.6. The molecule has 0 atom stereocenters. The highest BCUT2D eigenvalue weighted by Gasteiger charge is 2.26. The van der Waals surface area contributed by atoms with Gasteiger partial charge in [-0.3, -0.25) is 9.79 Å². The van der Waals surface area contributed by atoms with Crippen LogP contribution in [0.25, 0.3) is 0 Å². The molecule has 0 aromatic carbocycles. The minimum absolute atomic E-state index is 0. The number of likely N-dealkylation sites (tertiary alicyclic amines) is 1. The number of esters is 1. The third-order valence-electron chi connectivity index (χ3n) is 3.80. The number of hydrogen-bond donors (Lipinski definition) is 1. The Balaban J connectivity index is 0.00000529. The van der Waals surface area contributed by atoms with Gasteiger partial charge in [-0.15, -0.1) is 24.0 Å². The van der Waals surface area contributed by atoms with E-state index in [1.54, 1.807) is 7.11 Å². The van der Waals surface area contributed by atoms with Crippen LogP contribution in [0.15, 0.2) is 4.99 Å². The van der Waals surface area contributed by atoms with E-state index >= 15 is 0 Å². The van der Waals surface area contributed by atoms with Crippen molar-refractivity contribution in [3.8, 4) is 0 Å². The van der Waals surface area contributed by atoms with Crippen LogP contribution in [0.5, 0.6) is 0 Å². The van der Waals surface area contributed by atoms with Crippen molar-refractivity contribution in [1.29, 1.82) is 0 Å². The zero-order valence-electron chi connectivity index (χ0n) is 15.1. The van der Waals surface area contributed by atoms with Crippen molar-refractivity contribution < 1.29 is 19.0 Å². The molecule has 1 heterocycles. The average molecular weight is 457 g/mol. The van der Waals surface area contributed by atoms with Gasteiger partial charge in [-0.25, -0.2) is 0 Å². The molecule has 0 aliphatic carbocycles. The molecule has 0 aromatic rings. The number of guanidine groups is 1. The molecule has 1 aliphatic rings. The average Bonchev–Trinajstić information content (AvgIpc) is 2.59. The van der Waals surface area contributed by atoms with Gasteiger partial charge in [-0.1, -0.05) is 0 Å². The molecule has 1 N–H and O–H groups in total. The van der Waals surface area contributed by atoms with Gasteiger partial charge in [0.1, 0.15) is 0 Å². The number of carbonyl (C=O) groups excluding carboxylic acids is 1. The first kappa shape index (κ1) is 23.4. The van der Waals surface area contributed by atoms with Crippen LogP contribution in [-0.4, -0.2) is 77.0 Å². The lowest BCUT2D eigenvalue weighted by molar-refractivity contribution is -0.146. The Morgan fingerprint density at radius 2 is 1.92 bits per heavy atom. The number of rotatable bonds is 9. The summed E-state index contributed by atoms with van der Waals surface area (Å²) in [6.45, 7) is 7.22. The summed E-state index contributed by atoms with van der Waals surface area (Å²) in [6.07, 6.45) is 2.52. The van der Waals surface area contributed by atoms with E-state index in [4.69, 9.17) is 14.2 Å². The van der Waals surface area contributed by atoms with E-state index < -0.39 is 0 Å².